The number of rotatable bonds is 5. The molecule has 0 spiro atoms. The first-order valence-corrected chi connectivity index (χ1v) is 8.13. The lowest BCUT2D eigenvalue weighted by Gasteiger charge is -2.35. The summed E-state index contributed by atoms with van der Waals surface area (Å²) in [4.78, 5) is 19.1. The van der Waals surface area contributed by atoms with E-state index >= 15 is 0 Å². The highest BCUT2D eigenvalue weighted by atomic mass is 35.5. The molecule has 1 fully saturated rings. The van der Waals surface area contributed by atoms with E-state index in [1.54, 1.807) is 11.1 Å². The maximum atomic E-state index is 13.0. The molecule has 27 heavy (non-hydrogen) atoms. The van der Waals surface area contributed by atoms with Crippen LogP contribution in [0.15, 0.2) is 30.6 Å². The number of alkyl halides is 2. The third-order valence-electron chi connectivity index (χ3n) is 4.29. The van der Waals surface area contributed by atoms with E-state index in [-0.39, 0.29) is 35.9 Å². The summed E-state index contributed by atoms with van der Waals surface area (Å²) >= 11 is 0. The molecule has 1 amide bonds. The fourth-order valence-corrected chi connectivity index (χ4v) is 3.04. The topological polar surface area (TPSA) is 68.6 Å². The van der Waals surface area contributed by atoms with Gasteiger partial charge in [0, 0.05) is 44.6 Å². The van der Waals surface area contributed by atoms with Gasteiger partial charge in [0.15, 0.2) is 11.5 Å². The van der Waals surface area contributed by atoms with Gasteiger partial charge in [0.2, 0.25) is 0 Å². The number of hydrogen-bond acceptors (Lipinski definition) is 5. The van der Waals surface area contributed by atoms with Gasteiger partial charge < -0.3 is 24.3 Å². The third kappa shape index (κ3) is 4.48. The molecule has 1 aromatic carbocycles. The third-order valence-corrected chi connectivity index (χ3v) is 4.29. The van der Waals surface area contributed by atoms with Crippen LogP contribution in [0.3, 0.4) is 0 Å². The molecule has 1 atom stereocenters. The maximum Gasteiger partial charge on any atom is 0.387 e. The van der Waals surface area contributed by atoms with E-state index in [9.17, 15) is 13.6 Å². The molecule has 3 rings (SSSR count). The van der Waals surface area contributed by atoms with Gasteiger partial charge in [-0.05, 0) is 18.2 Å². The molecular formula is C17H21ClF2N4O3. The van der Waals surface area contributed by atoms with Crippen LogP contribution in [-0.2, 0) is 7.05 Å². The van der Waals surface area contributed by atoms with Crippen LogP contribution in [0.1, 0.15) is 22.2 Å². The summed E-state index contributed by atoms with van der Waals surface area (Å²) in [5, 5.41) is 3.26. The molecular weight excluding hydrogens is 382 g/mol. The van der Waals surface area contributed by atoms with E-state index in [4.69, 9.17) is 4.74 Å². The minimum Gasteiger partial charge on any atom is -0.493 e. The normalized spacial score (nSPS) is 16.8. The molecule has 1 unspecified atom stereocenters. The Bertz CT molecular complexity index is 787. The number of aryl methyl sites for hydroxylation is 1. The Morgan fingerprint density at radius 2 is 2.15 bits per heavy atom. The van der Waals surface area contributed by atoms with Crippen molar-refractivity contribution >= 4 is 18.3 Å². The smallest absolute Gasteiger partial charge is 0.387 e. The first-order valence-electron chi connectivity index (χ1n) is 8.13. The monoisotopic (exact) mass is 402 g/mol. The molecule has 1 N–H and O–H groups in total. The lowest BCUT2D eigenvalue weighted by atomic mass is 10.1. The Hall–Kier alpha value is -2.39. The SMILES string of the molecule is COc1cc(C(=O)N2CCNCC2c2nccn2C)ccc1OC(F)F.Cl. The Morgan fingerprint density at radius 1 is 1.37 bits per heavy atom. The number of benzene rings is 1. The molecule has 1 aromatic heterocycles. The largest absolute Gasteiger partial charge is 0.493 e. The Morgan fingerprint density at radius 3 is 2.78 bits per heavy atom. The van der Waals surface area contributed by atoms with Crippen LogP contribution in [0.5, 0.6) is 11.5 Å². The van der Waals surface area contributed by atoms with Crippen molar-refractivity contribution < 1.29 is 23.0 Å². The van der Waals surface area contributed by atoms with E-state index in [1.165, 1.54) is 25.3 Å². The lowest BCUT2D eigenvalue weighted by molar-refractivity contribution is -0.0512. The Labute approximate surface area is 161 Å². The molecule has 1 aliphatic heterocycles. The molecule has 1 aliphatic rings. The van der Waals surface area contributed by atoms with E-state index in [0.29, 0.717) is 25.2 Å². The summed E-state index contributed by atoms with van der Waals surface area (Å²) in [7, 11) is 3.21. The number of hydrogen-bond donors (Lipinski definition) is 1. The van der Waals surface area contributed by atoms with Crippen LogP contribution in [0, 0.1) is 0 Å². The number of ether oxygens (including phenoxy) is 2. The first-order chi connectivity index (χ1) is 12.5. The number of methoxy groups -OCH3 is 1. The fourth-order valence-electron chi connectivity index (χ4n) is 3.04. The van der Waals surface area contributed by atoms with Gasteiger partial charge in [0.05, 0.1) is 7.11 Å². The number of carbonyl (C=O) groups is 1. The highest BCUT2D eigenvalue weighted by Gasteiger charge is 2.31. The number of imidazole rings is 1. The van der Waals surface area contributed by atoms with Crippen molar-refractivity contribution in [1.82, 2.24) is 19.8 Å². The molecule has 0 aliphatic carbocycles. The molecule has 7 nitrogen and oxygen atoms in total. The molecule has 2 heterocycles. The number of amides is 1. The summed E-state index contributed by atoms with van der Waals surface area (Å²) in [5.41, 5.74) is 0.338. The average Bonchev–Trinajstić information content (AvgIpc) is 3.07. The molecule has 148 valence electrons. The van der Waals surface area contributed by atoms with Gasteiger partial charge in [-0.15, -0.1) is 12.4 Å². The minimum absolute atomic E-state index is 0. The van der Waals surface area contributed by atoms with Gasteiger partial charge in [-0.25, -0.2) is 4.98 Å². The highest BCUT2D eigenvalue weighted by Crippen LogP contribution is 2.31. The number of nitrogens with zero attached hydrogens (tertiary/aromatic N) is 3. The van der Waals surface area contributed by atoms with Gasteiger partial charge in [-0.3, -0.25) is 4.79 Å². The summed E-state index contributed by atoms with van der Waals surface area (Å²) in [6, 6.07) is 3.97. The summed E-state index contributed by atoms with van der Waals surface area (Å²) in [6.07, 6.45) is 3.51. The first kappa shape index (κ1) is 20.9. The van der Waals surface area contributed by atoms with Crippen LogP contribution in [-0.4, -0.2) is 53.7 Å². The second kappa shape index (κ2) is 9.01. The number of halogens is 3. The van der Waals surface area contributed by atoms with Crippen molar-refractivity contribution in [3.05, 3.63) is 42.0 Å². The van der Waals surface area contributed by atoms with Crippen molar-refractivity contribution in [2.45, 2.75) is 12.7 Å². The van der Waals surface area contributed by atoms with Crippen LogP contribution in [0.4, 0.5) is 8.78 Å². The quantitative estimate of drug-likeness (QED) is 0.830. The van der Waals surface area contributed by atoms with E-state index < -0.39 is 6.61 Å². The van der Waals surface area contributed by atoms with Gasteiger partial charge in [-0.2, -0.15) is 8.78 Å². The average molecular weight is 403 g/mol. The highest BCUT2D eigenvalue weighted by molar-refractivity contribution is 5.95. The van der Waals surface area contributed by atoms with E-state index in [0.717, 1.165) is 5.82 Å². The van der Waals surface area contributed by atoms with Crippen molar-refractivity contribution in [3.8, 4) is 11.5 Å². The number of piperazine rings is 1. The van der Waals surface area contributed by atoms with Gasteiger partial charge in [0.1, 0.15) is 11.9 Å². The molecule has 0 saturated carbocycles. The predicted molar refractivity (Wildman–Crippen MR) is 96.7 cm³/mol. The number of aromatic nitrogens is 2. The maximum absolute atomic E-state index is 13.0. The second-order valence-corrected chi connectivity index (χ2v) is 5.86. The summed E-state index contributed by atoms with van der Waals surface area (Å²) in [6.45, 7) is -1.21. The fraction of sp³-hybridized carbons (Fsp3) is 0.412. The molecule has 2 aromatic rings. The zero-order valence-electron chi connectivity index (χ0n) is 14.9. The van der Waals surface area contributed by atoms with Gasteiger partial charge >= 0.3 is 6.61 Å². The molecule has 0 radical (unpaired) electrons. The lowest BCUT2D eigenvalue weighted by Crippen LogP contribution is -2.49. The molecule has 1 saturated heterocycles. The number of nitrogens with one attached hydrogen (secondary N) is 1. The Balaban J connectivity index is 0.00000261. The van der Waals surface area contributed by atoms with Crippen LogP contribution < -0.4 is 14.8 Å². The molecule has 0 bridgehead atoms. The van der Waals surface area contributed by atoms with Crippen molar-refractivity contribution in [3.63, 3.8) is 0 Å². The van der Waals surface area contributed by atoms with E-state index in [2.05, 4.69) is 15.0 Å². The van der Waals surface area contributed by atoms with E-state index in [1.807, 2.05) is 17.8 Å². The predicted octanol–water partition coefficient (Wildman–Crippen LogP) is 2.24. The summed E-state index contributed by atoms with van der Waals surface area (Å²) in [5.74, 6) is 0.524. The van der Waals surface area contributed by atoms with Crippen LogP contribution in [0.25, 0.3) is 0 Å². The van der Waals surface area contributed by atoms with Crippen molar-refractivity contribution in [2.75, 3.05) is 26.7 Å². The standard InChI is InChI=1S/C17H20F2N4O3.ClH/c1-22-7-6-21-15(22)12-10-20-5-8-23(12)16(24)11-3-4-13(26-17(18)19)14(9-11)25-2;/h3-4,6-7,9,12,17,20H,5,8,10H2,1-2H3;1H. The minimum atomic E-state index is -2.97. The van der Waals surface area contributed by atoms with Gasteiger partial charge in [-0.1, -0.05) is 0 Å². The zero-order valence-corrected chi connectivity index (χ0v) is 15.7. The van der Waals surface area contributed by atoms with Crippen LogP contribution in [0.2, 0.25) is 0 Å². The Kier molecular flexibility index (Phi) is 6.98. The van der Waals surface area contributed by atoms with Crippen molar-refractivity contribution in [2.24, 2.45) is 7.05 Å². The van der Waals surface area contributed by atoms with Crippen LogP contribution >= 0.6 is 12.4 Å². The molecule has 10 heteroatoms. The zero-order chi connectivity index (χ0) is 18.7. The second-order valence-electron chi connectivity index (χ2n) is 5.86. The number of carbonyl (C=O) groups excluding carboxylic acids is 1. The van der Waals surface area contributed by atoms with Gasteiger partial charge in [0.25, 0.3) is 5.91 Å². The van der Waals surface area contributed by atoms with Crippen molar-refractivity contribution in [1.29, 1.82) is 0 Å². The summed E-state index contributed by atoms with van der Waals surface area (Å²) < 4.78 is 36.3.